The molecule has 2 aromatic rings. The van der Waals surface area contributed by atoms with Crippen molar-refractivity contribution < 1.29 is 14.3 Å². The van der Waals surface area contributed by atoms with E-state index in [1.807, 2.05) is 30.5 Å². The maximum Gasteiger partial charge on any atom is 0.307 e. The van der Waals surface area contributed by atoms with Gasteiger partial charge in [-0.25, -0.2) is 0 Å². The summed E-state index contributed by atoms with van der Waals surface area (Å²) in [5.41, 5.74) is 1.99. The first kappa shape index (κ1) is 14.1. The summed E-state index contributed by atoms with van der Waals surface area (Å²) < 4.78 is 4.56. The molecule has 0 radical (unpaired) electrons. The second-order valence-corrected chi connectivity index (χ2v) is 4.68. The fourth-order valence-corrected chi connectivity index (χ4v) is 2.06. The van der Waals surface area contributed by atoms with Crippen molar-refractivity contribution in [2.75, 3.05) is 20.7 Å². The summed E-state index contributed by atoms with van der Waals surface area (Å²) in [6, 6.07) is 7.87. The molecule has 1 N–H and O–H groups in total. The first-order valence-electron chi connectivity index (χ1n) is 6.47. The standard InChI is InChI=1S/C15H18N2O3/c1-17(8-7-15(19)20-2)14(18)9-11-10-16-13-6-4-3-5-12(11)13/h3-6,10,16H,7-9H2,1-2H3. The van der Waals surface area contributed by atoms with Crippen LogP contribution in [-0.4, -0.2) is 42.5 Å². The summed E-state index contributed by atoms with van der Waals surface area (Å²) in [6.45, 7) is 0.369. The van der Waals surface area contributed by atoms with E-state index in [0.717, 1.165) is 16.5 Å². The first-order chi connectivity index (χ1) is 9.61. The van der Waals surface area contributed by atoms with Gasteiger partial charge in [-0.2, -0.15) is 0 Å². The fourth-order valence-electron chi connectivity index (χ4n) is 2.06. The van der Waals surface area contributed by atoms with Crippen molar-refractivity contribution in [3.8, 4) is 0 Å². The lowest BCUT2D eigenvalue weighted by molar-refractivity contribution is -0.141. The number of fused-ring (bicyclic) bond motifs is 1. The Kier molecular flexibility index (Phi) is 4.40. The normalized spacial score (nSPS) is 10.5. The molecule has 2 rings (SSSR count). The van der Waals surface area contributed by atoms with Gasteiger partial charge in [0, 0.05) is 30.7 Å². The molecule has 0 saturated heterocycles. The molecule has 1 heterocycles. The molecule has 0 atom stereocenters. The first-order valence-corrected chi connectivity index (χ1v) is 6.47. The number of ether oxygens (including phenoxy) is 1. The van der Waals surface area contributed by atoms with Gasteiger partial charge in [0.05, 0.1) is 20.0 Å². The average Bonchev–Trinajstić information content (AvgIpc) is 2.87. The number of rotatable bonds is 5. The van der Waals surface area contributed by atoms with E-state index < -0.39 is 0 Å². The Hall–Kier alpha value is -2.30. The molecular weight excluding hydrogens is 256 g/mol. The maximum absolute atomic E-state index is 12.1. The molecule has 0 aliphatic carbocycles. The predicted molar refractivity (Wildman–Crippen MR) is 76.3 cm³/mol. The highest BCUT2D eigenvalue weighted by molar-refractivity contribution is 5.88. The number of para-hydroxylation sites is 1. The van der Waals surface area contributed by atoms with Crippen molar-refractivity contribution >= 4 is 22.8 Å². The molecule has 0 unspecified atom stereocenters. The summed E-state index contributed by atoms with van der Waals surface area (Å²) in [6.07, 6.45) is 2.39. The van der Waals surface area contributed by atoms with E-state index in [1.54, 1.807) is 11.9 Å². The zero-order chi connectivity index (χ0) is 14.5. The zero-order valence-corrected chi connectivity index (χ0v) is 11.7. The van der Waals surface area contributed by atoms with Gasteiger partial charge < -0.3 is 14.6 Å². The van der Waals surface area contributed by atoms with Crippen LogP contribution in [0.15, 0.2) is 30.5 Å². The Morgan fingerprint density at radius 2 is 2.05 bits per heavy atom. The number of benzene rings is 1. The summed E-state index contributed by atoms with van der Waals surface area (Å²) in [5.74, 6) is -0.324. The highest BCUT2D eigenvalue weighted by Gasteiger charge is 2.13. The number of H-pyrrole nitrogens is 1. The summed E-state index contributed by atoms with van der Waals surface area (Å²) >= 11 is 0. The minimum absolute atomic E-state index is 0.0151. The molecule has 0 spiro atoms. The molecule has 106 valence electrons. The molecule has 20 heavy (non-hydrogen) atoms. The van der Waals surface area contributed by atoms with Crippen LogP contribution in [0.1, 0.15) is 12.0 Å². The van der Waals surface area contributed by atoms with Gasteiger partial charge in [0.2, 0.25) is 5.91 Å². The third kappa shape index (κ3) is 3.17. The van der Waals surface area contributed by atoms with E-state index in [1.165, 1.54) is 7.11 Å². The van der Waals surface area contributed by atoms with Gasteiger partial charge >= 0.3 is 5.97 Å². The summed E-state index contributed by atoms with van der Waals surface area (Å²) in [7, 11) is 3.04. The van der Waals surface area contributed by atoms with Crippen LogP contribution in [0.2, 0.25) is 0 Å². The van der Waals surface area contributed by atoms with Crippen molar-refractivity contribution in [3.05, 3.63) is 36.0 Å². The number of carbonyl (C=O) groups is 2. The van der Waals surface area contributed by atoms with Crippen LogP contribution < -0.4 is 0 Å². The largest absolute Gasteiger partial charge is 0.469 e. The number of carbonyl (C=O) groups excluding carboxylic acids is 2. The number of esters is 1. The number of hydrogen-bond donors (Lipinski definition) is 1. The van der Waals surface area contributed by atoms with E-state index in [2.05, 4.69) is 9.72 Å². The molecule has 1 aromatic heterocycles. The second-order valence-electron chi connectivity index (χ2n) is 4.68. The van der Waals surface area contributed by atoms with Gasteiger partial charge in [-0.3, -0.25) is 9.59 Å². The van der Waals surface area contributed by atoms with Gasteiger partial charge in [-0.05, 0) is 11.6 Å². The quantitative estimate of drug-likeness (QED) is 0.845. The van der Waals surface area contributed by atoms with E-state index >= 15 is 0 Å². The molecule has 0 saturated carbocycles. The van der Waals surface area contributed by atoms with Crippen molar-refractivity contribution in [2.45, 2.75) is 12.8 Å². The fraction of sp³-hybridized carbons (Fsp3) is 0.333. The lowest BCUT2D eigenvalue weighted by Gasteiger charge is -2.16. The molecule has 1 amide bonds. The highest BCUT2D eigenvalue weighted by Crippen LogP contribution is 2.18. The van der Waals surface area contributed by atoms with Gasteiger partial charge in [-0.1, -0.05) is 18.2 Å². The summed E-state index contributed by atoms with van der Waals surface area (Å²) in [4.78, 5) is 27.9. The second kappa shape index (κ2) is 6.23. The van der Waals surface area contributed by atoms with E-state index in [-0.39, 0.29) is 18.3 Å². The van der Waals surface area contributed by atoms with E-state index in [9.17, 15) is 9.59 Å². The van der Waals surface area contributed by atoms with Gasteiger partial charge in [0.1, 0.15) is 0 Å². The number of nitrogens with one attached hydrogen (secondary N) is 1. The molecule has 5 nitrogen and oxygen atoms in total. The number of aromatic nitrogens is 1. The van der Waals surface area contributed by atoms with Gasteiger partial charge in [0.25, 0.3) is 0 Å². The minimum Gasteiger partial charge on any atom is -0.469 e. The molecular formula is C15H18N2O3. The van der Waals surface area contributed by atoms with Crippen molar-refractivity contribution in [3.63, 3.8) is 0 Å². The third-order valence-corrected chi connectivity index (χ3v) is 3.32. The van der Waals surface area contributed by atoms with Crippen LogP contribution in [0, 0.1) is 0 Å². The van der Waals surface area contributed by atoms with Crippen LogP contribution in [0.25, 0.3) is 10.9 Å². The van der Waals surface area contributed by atoms with E-state index in [4.69, 9.17) is 0 Å². The molecule has 1 aromatic carbocycles. The Balaban J connectivity index is 1.99. The number of aromatic amines is 1. The molecule has 0 aliphatic rings. The SMILES string of the molecule is COC(=O)CCN(C)C(=O)Cc1c[nH]c2ccccc12. The number of nitrogens with zero attached hydrogens (tertiary/aromatic N) is 1. The van der Waals surface area contributed by atoms with E-state index in [0.29, 0.717) is 13.0 Å². The monoisotopic (exact) mass is 274 g/mol. The highest BCUT2D eigenvalue weighted by atomic mass is 16.5. The van der Waals surface area contributed by atoms with Crippen molar-refractivity contribution in [2.24, 2.45) is 0 Å². The molecule has 5 heteroatoms. The Morgan fingerprint density at radius 3 is 2.80 bits per heavy atom. The van der Waals surface area contributed by atoms with Gasteiger partial charge in [-0.15, -0.1) is 0 Å². The van der Waals surface area contributed by atoms with Crippen LogP contribution in [0.5, 0.6) is 0 Å². The Labute approximate surface area is 117 Å². The smallest absolute Gasteiger partial charge is 0.307 e. The predicted octanol–water partition coefficient (Wildman–Crippen LogP) is 1.73. The zero-order valence-electron chi connectivity index (χ0n) is 11.7. The van der Waals surface area contributed by atoms with Crippen LogP contribution in [-0.2, 0) is 20.7 Å². The number of methoxy groups -OCH3 is 1. The summed E-state index contributed by atoms with van der Waals surface area (Å²) in [5, 5.41) is 1.06. The van der Waals surface area contributed by atoms with Crippen LogP contribution >= 0.6 is 0 Å². The number of likely N-dealkylation sites (N-methyl/N-ethyl adjacent to an activating group) is 1. The lowest BCUT2D eigenvalue weighted by atomic mass is 10.1. The Morgan fingerprint density at radius 1 is 1.30 bits per heavy atom. The van der Waals surface area contributed by atoms with Gasteiger partial charge in [0.15, 0.2) is 0 Å². The Bertz CT molecular complexity index is 618. The maximum atomic E-state index is 12.1. The third-order valence-electron chi connectivity index (χ3n) is 3.32. The minimum atomic E-state index is -0.309. The molecule has 0 fully saturated rings. The average molecular weight is 274 g/mol. The topological polar surface area (TPSA) is 62.4 Å². The lowest BCUT2D eigenvalue weighted by Crippen LogP contribution is -2.30. The van der Waals surface area contributed by atoms with Crippen molar-refractivity contribution in [1.29, 1.82) is 0 Å². The van der Waals surface area contributed by atoms with Crippen LogP contribution in [0.4, 0.5) is 0 Å². The van der Waals surface area contributed by atoms with Crippen molar-refractivity contribution in [1.82, 2.24) is 9.88 Å². The number of amides is 1. The number of hydrogen-bond acceptors (Lipinski definition) is 3. The molecule has 0 bridgehead atoms. The van der Waals surface area contributed by atoms with Crippen LogP contribution in [0.3, 0.4) is 0 Å². The molecule has 0 aliphatic heterocycles.